The first kappa shape index (κ1) is 26.4. The molecule has 12 heteroatoms. The van der Waals surface area contributed by atoms with Gasteiger partial charge in [0.1, 0.15) is 24.0 Å². The number of ether oxygens (including phenoxy) is 1. The standard InChI is InChI=1S/C25H24F5N3O4/c1-31-7-8-32(18(13-31)14-37-23(35)25(28,29)30)24(36)33-12-16(20-11-17(26)5-6-21(20)27)10-22(33)15-3-2-4-19(34)9-15/h2-6,9-11,18,22,34H,7-8,12-14H2,1H3. The summed E-state index contributed by atoms with van der Waals surface area (Å²) in [6, 6.07) is 6.81. The van der Waals surface area contributed by atoms with Crippen molar-refractivity contribution in [1.82, 2.24) is 14.7 Å². The van der Waals surface area contributed by atoms with E-state index in [0.29, 0.717) is 17.7 Å². The second kappa shape index (κ2) is 10.4. The molecular formula is C25H24F5N3O4. The number of nitrogens with zero attached hydrogens (tertiary/aromatic N) is 3. The number of phenolic OH excluding ortho intramolecular Hbond substituents is 1. The molecular weight excluding hydrogens is 501 g/mol. The van der Waals surface area contributed by atoms with Gasteiger partial charge in [-0.3, -0.25) is 0 Å². The lowest BCUT2D eigenvalue weighted by Crippen LogP contribution is -2.59. The maximum atomic E-state index is 14.6. The lowest BCUT2D eigenvalue weighted by atomic mass is 10.0. The average Bonchev–Trinajstić information content (AvgIpc) is 3.28. The van der Waals surface area contributed by atoms with Gasteiger partial charge < -0.3 is 24.5 Å². The highest BCUT2D eigenvalue weighted by Crippen LogP contribution is 2.37. The Hall–Kier alpha value is -3.67. The van der Waals surface area contributed by atoms with Crippen molar-refractivity contribution in [2.24, 2.45) is 0 Å². The Morgan fingerprint density at radius 3 is 2.54 bits per heavy atom. The number of carbonyl (C=O) groups excluding carboxylic acids is 2. The van der Waals surface area contributed by atoms with Crippen LogP contribution in [0.25, 0.3) is 5.57 Å². The molecule has 2 heterocycles. The highest BCUT2D eigenvalue weighted by Gasteiger charge is 2.43. The summed E-state index contributed by atoms with van der Waals surface area (Å²) in [6.45, 7) is -0.0888. The van der Waals surface area contributed by atoms with Gasteiger partial charge in [-0.1, -0.05) is 18.2 Å². The predicted octanol–water partition coefficient (Wildman–Crippen LogP) is 3.95. The molecule has 7 nitrogen and oxygen atoms in total. The fraction of sp³-hybridized carbons (Fsp3) is 0.360. The maximum Gasteiger partial charge on any atom is 0.490 e. The molecule has 2 atom stereocenters. The Kier molecular flexibility index (Phi) is 7.39. The SMILES string of the molecule is CN1CCN(C(=O)N2CC(c3cc(F)ccc3F)=CC2c2cccc(O)c2)C(COC(=O)C(F)(F)F)C1. The summed E-state index contributed by atoms with van der Waals surface area (Å²) in [6.07, 6.45) is -3.59. The topological polar surface area (TPSA) is 73.3 Å². The highest BCUT2D eigenvalue weighted by molar-refractivity contribution is 5.83. The average molecular weight is 525 g/mol. The van der Waals surface area contributed by atoms with Crippen LogP contribution in [-0.2, 0) is 9.53 Å². The molecule has 1 fully saturated rings. The van der Waals surface area contributed by atoms with E-state index in [9.17, 15) is 36.6 Å². The lowest BCUT2D eigenvalue weighted by molar-refractivity contribution is -0.201. The van der Waals surface area contributed by atoms with Crippen molar-refractivity contribution in [2.75, 3.05) is 39.8 Å². The summed E-state index contributed by atoms with van der Waals surface area (Å²) in [5, 5.41) is 9.98. The van der Waals surface area contributed by atoms with Crippen LogP contribution in [0, 0.1) is 11.6 Å². The Balaban J connectivity index is 1.64. The first-order valence-electron chi connectivity index (χ1n) is 11.4. The Labute approximate surface area is 209 Å². The largest absolute Gasteiger partial charge is 0.508 e. The molecule has 37 heavy (non-hydrogen) atoms. The van der Waals surface area contributed by atoms with Crippen LogP contribution in [0.1, 0.15) is 17.2 Å². The zero-order chi connectivity index (χ0) is 26.9. The van der Waals surface area contributed by atoms with Gasteiger partial charge in [-0.05, 0) is 48.5 Å². The van der Waals surface area contributed by atoms with E-state index in [4.69, 9.17) is 0 Å². The lowest BCUT2D eigenvalue weighted by Gasteiger charge is -2.42. The van der Waals surface area contributed by atoms with Crippen LogP contribution in [0.2, 0.25) is 0 Å². The molecule has 2 aromatic carbocycles. The molecule has 2 aliphatic heterocycles. The Bertz CT molecular complexity index is 1220. The summed E-state index contributed by atoms with van der Waals surface area (Å²) < 4.78 is 70.9. The number of aromatic hydroxyl groups is 1. The van der Waals surface area contributed by atoms with Crippen molar-refractivity contribution >= 4 is 17.6 Å². The zero-order valence-corrected chi connectivity index (χ0v) is 19.7. The fourth-order valence-corrected chi connectivity index (χ4v) is 4.53. The number of urea groups is 1. The summed E-state index contributed by atoms with van der Waals surface area (Å²) >= 11 is 0. The second-order valence-electron chi connectivity index (χ2n) is 8.97. The van der Waals surface area contributed by atoms with Crippen LogP contribution in [-0.4, -0.2) is 83.9 Å². The summed E-state index contributed by atoms with van der Waals surface area (Å²) in [4.78, 5) is 29.5. The molecule has 1 saturated heterocycles. The van der Waals surface area contributed by atoms with Gasteiger partial charge in [0.15, 0.2) is 0 Å². The zero-order valence-electron chi connectivity index (χ0n) is 19.7. The van der Waals surface area contributed by atoms with Crippen LogP contribution >= 0.6 is 0 Å². The molecule has 2 amide bonds. The van der Waals surface area contributed by atoms with E-state index in [-0.39, 0.29) is 30.9 Å². The third-order valence-electron chi connectivity index (χ3n) is 6.34. The molecule has 0 spiro atoms. The van der Waals surface area contributed by atoms with Crippen molar-refractivity contribution in [3.63, 3.8) is 0 Å². The number of amides is 2. The smallest absolute Gasteiger partial charge is 0.490 e. The van der Waals surface area contributed by atoms with Gasteiger partial charge in [0.05, 0.1) is 12.1 Å². The van der Waals surface area contributed by atoms with Gasteiger partial charge in [0.2, 0.25) is 0 Å². The summed E-state index contributed by atoms with van der Waals surface area (Å²) in [5.41, 5.74) is 0.789. The van der Waals surface area contributed by atoms with Crippen molar-refractivity contribution < 1.29 is 41.4 Å². The third kappa shape index (κ3) is 5.85. The van der Waals surface area contributed by atoms with Gasteiger partial charge in [-0.2, -0.15) is 13.2 Å². The number of phenols is 1. The number of alkyl halides is 3. The van der Waals surface area contributed by atoms with Crippen molar-refractivity contribution in [3.05, 3.63) is 71.3 Å². The number of piperazine rings is 1. The van der Waals surface area contributed by atoms with E-state index in [1.165, 1.54) is 21.9 Å². The van der Waals surface area contributed by atoms with E-state index in [2.05, 4.69) is 4.74 Å². The normalized spacial score (nSPS) is 20.6. The molecule has 198 valence electrons. The van der Waals surface area contributed by atoms with E-state index in [1.54, 1.807) is 30.2 Å². The van der Waals surface area contributed by atoms with Crippen LogP contribution in [0.3, 0.4) is 0 Å². The molecule has 2 aromatic rings. The number of carbonyl (C=O) groups is 2. The molecule has 0 radical (unpaired) electrons. The van der Waals surface area contributed by atoms with Gasteiger partial charge in [-0.25, -0.2) is 18.4 Å². The molecule has 0 aromatic heterocycles. The Morgan fingerprint density at radius 2 is 1.84 bits per heavy atom. The van der Waals surface area contributed by atoms with E-state index in [1.807, 2.05) is 0 Å². The van der Waals surface area contributed by atoms with Crippen LogP contribution < -0.4 is 0 Å². The van der Waals surface area contributed by atoms with Gasteiger partial charge in [-0.15, -0.1) is 0 Å². The number of likely N-dealkylation sites (N-methyl/N-ethyl adjacent to an activating group) is 1. The van der Waals surface area contributed by atoms with Crippen LogP contribution in [0.15, 0.2) is 48.5 Å². The van der Waals surface area contributed by atoms with Crippen molar-refractivity contribution in [1.29, 1.82) is 0 Å². The van der Waals surface area contributed by atoms with E-state index in [0.717, 1.165) is 18.2 Å². The minimum Gasteiger partial charge on any atom is -0.508 e. The van der Waals surface area contributed by atoms with Crippen LogP contribution in [0.4, 0.5) is 26.7 Å². The summed E-state index contributed by atoms with van der Waals surface area (Å²) in [5.74, 6) is -3.77. The molecule has 0 aliphatic carbocycles. The number of hydrogen-bond acceptors (Lipinski definition) is 5. The number of hydrogen-bond donors (Lipinski definition) is 1. The van der Waals surface area contributed by atoms with Gasteiger partial charge in [0, 0.05) is 31.7 Å². The number of benzene rings is 2. The van der Waals surface area contributed by atoms with E-state index >= 15 is 0 Å². The molecule has 0 saturated carbocycles. The fourth-order valence-electron chi connectivity index (χ4n) is 4.53. The first-order chi connectivity index (χ1) is 17.4. The van der Waals surface area contributed by atoms with Gasteiger partial charge in [0.25, 0.3) is 0 Å². The van der Waals surface area contributed by atoms with Gasteiger partial charge >= 0.3 is 18.2 Å². The maximum absolute atomic E-state index is 14.6. The molecule has 1 N–H and O–H groups in total. The highest BCUT2D eigenvalue weighted by atomic mass is 19.4. The minimum absolute atomic E-state index is 0.0329. The summed E-state index contributed by atoms with van der Waals surface area (Å²) in [7, 11) is 1.72. The molecule has 2 aliphatic rings. The number of halogens is 5. The number of rotatable bonds is 4. The minimum atomic E-state index is -5.17. The monoisotopic (exact) mass is 525 g/mol. The molecule has 0 bridgehead atoms. The second-order valence-corrected chi connectivity index (χ2v) is 8.97. The quantitative estimate of drug-likeness (QED) is 0.484. The van der Waals surface area contributed by atoms with Crippen molar-refractivity contribution in [3.8, 4) is 5.75 Å². The van der Waals surface area contributed by atoms with Crippen molar-refractivity contribution in [2.45, 2.75) is 18.3 Å². The molecule has 4 rings (SSSR count). The first-order valence-corrected chi connectivity index (χ1v) is 11.4. The third-order valence-corrected chi connectivity index (χ3v) is 6.34. The Morgan fingerprint density at radius 1 is 1.08 bits per heavy atom. The number of esters is 1. The van der Waals surface area contributed by atoms with E-state index < -0.39 is 48.5 Å². The predicted molar refractivity (Wildman–Crippen MR) is 122 cm³/mol. The molecule has 2 unspecified atom stereocenters. The van der Waals surface area contributed by atoms with Crippen LogP contribution in [0.5, 0.6) is 5.75 Å².